The fourth-order valence-electron chi connectivity index (χ4n) is 3.20. The van der Waals surface area contributed by atoms with Crippen LogP contribution in [0, 0.1) is 0 Å². The highest BCUT2D eigenvalue weighted by Gasteiger charge is 2.18. The summed E-state index contributed by atoms with van der Waals surface area (Å²) in [5.41, 5.74) is 2.54. The van der Waals surface area contributed by atoms with Gasteiger partial charge in [0.05, 0.1) is 28.4 Å². The lowest BCUT2D eigenvalue weighted by atomic mass is 10.0. The third kappa shape index (κ3) is 4.83. The molecule has 30 heavy (non-hydrogen) atoms. The van der Waals surface area contributed by atoms with Crippen LogP contribution in [-0.2, 0) is 5.75 Å². The van der Waals surface area contributed by atoms with Crippen LogP contribution in [-0.4, -0.2) is 33.5 Å². The highest BCUT2D eigenvalue weighted by molar-refractivity contribution is 7.98. The second kappa shape index (κ2) is 10.3. The Morgan fingerprint density at radius 1 is 0.767 bits per heavy atom. The molecule has 1 unspecified atom stereocenters. The molecular weight excluding hydrogens is 400 g/mol. The smallest absolute Gasteiger partial charge is 0.130 e. The normalized spacial score (nSPS) is 11.6. The number of aliphatic hydroxyl groups is 1. The maximum Gasteiger partial charge on any atom is 0.130 e. The molecular formula is C24H26O5S. The molecule has 0 saturated heterocycles. The molecule has 0 aliphatic rings. The van der Waals surface area contributed by atoms with Gasteiger partial charge in [-0.2, -0.15) is 0 Å². The van der Waals surface area contributed by atoms with Gasteiger partial charge in [-0.3, -0.25) is 0 Å². The monoisotopic (exact) mass is 426 g/mol. The van der Waals surface area contributed by atoms with E-state index in [1.54, 1.807) is 40.2 Å². The molecule has 3 aromatic carbocycles. The fourth-order valence-corrected chi connectivity index (χ4v) is 4.30. The molecule has 3 rings (SSSR count). The third-order valence-electron chi connectivity index (χ3n) is 4.81. The maximum absolute atomic E-state index is 11.0. The van der Waals surface area contributed by atoms with Crippen molar-refractivity contribution in [3.8, 4) is 23.0 Å². The van der Waals surface area contributed by atoms with E-state index in [-0.39, 0.29) is 0 Å². The molecule has 1 atom stereocenters. The lowest BCUT2D eigenvalue weighted by molar-refractivity contribution is 0.217. The Morgan fingerprint density at radius 3 is 2.07 bits per heavy atom. The molecule has 0 bridgehead atoms. The maximum atomic E-state index is 11.0. The summed E-state index contributed by atoms with van der Waals surface area (Å²) in [4.78, 5) is 0.979. The average Bonchev–Trinajstić information content (AvgIpc) is 2.81. The molecule has 0 saturated carbocycles. The summed E-state index contributed by atoms with van der Waals surface area (Å²) in [5, 5.41) is 11.0. The molecule has 0 fully saturated rings. The first-order chi connectivity index (χ1) is 14.6. The molecule has 158 valence electrons. The molecule has 0 radical (unpaired) electrons. The van der Waals surface area contributed by atoms with E-state index >= 15 is 0 Å². The summed E-state index contributed by atoms with van der Waals surface area (Å²) in [6, 6.07) is 19.0. The van der Waals surface area contributed by atoms with Crippen LogP contribution in [0.4, 0.5) is 0 Å². The van der Waals surface area contributed by atoms with Crippen LogP contribution in [0.5, 0.6) is 23.0 Å². The second-order valence-corrected chi connectivity index (χ2v) is 7.53. The molecule has 6 heteroatoms. The van der Waals surface area contributed by atoms with Crippen molar-refractivity contribution in [3.63, 3.8) is 0 Å². The fraction of sp³-hybridized carbons (Fsp3) is 0.250. The molecule has 0 aliphatic carbocycles. The molecule has 0 aromatic heterocycles. The zero-order valence-electron chi connectivity index (χ0n) is 17.5. The largest absolute Gasteiger partial charge is 0.497 e. The van der Waals surface area contributed by atoms with Gasteiger partial charge in [0.2, 0.25) is 0 Å². The summed E-state index contributed by atoms with van der Waals surface area (Å²) in [6.07, 6.45) is -0.761. The van der Waals surface area contributed by atoms with Gasteiger partial charge < -0.3 is 24.1 Å². The first-order valence-corrected chi connectivity index (χ1v) is 10.4. The topological polar surface area (TPSA) is 57.2 Å². The van der Waals surface area contributed by atoms with E-state index in [0.29, 0.717) is 28.8 Å². The molecule has 0 amide bonds. The van der Waals surface area contributed by atoms with Gasteiger partial charge in [-0.05, 0) is 29.3 Å². The number of hydrogen-bond donors (Lipinski definition) is 1. The summed E-state index contributed by atoms with van der Waals surface area (Å²) >= 11 is 1.61. The Balaban J connectivity index is 1.89. The van der Waals surface area contributed by atoms with E-state index in [9.17, 15) is 5.11 Å². The second-order valence-electron chi connectivity index (χ2n) is 6.52. The van der Waals surface area contributed by atoms with Crippen LogP contribution in [0.2, 0.25) is 0 Å². The quantitative estimate of drug-likeness (QED) is 0.481. The Kier molecular flexibility index (Phi) is 7.49. The summed E-state index contributed by atoms with van der Waals surface area (Å²) in [5.74, 6) is 3.39. The van der Waals surface area contributed by atoms with Crippen LogP contribution >= 0.6 is 11.8 Å². The zero-order valence-corrected chi connectivity index (χ0v) is 18.4. The van der Waals surface area contributed by atoms with Crippen LogP contribution in [0.15, 0.2) is 65.6 Å². The Morgan fingerprint density at radius 2 is 1.43 bits per heavy atom. The predicted molar refractivity (Wildman–Crippen MR) is 119 cm³/mol. The number of hydrogen-bond acceptors (Lipinski definition) is 6. The minimum Gasteiger partial charge on any atom is -0.497 e. The number of methoxy groups -OCH3 is 4. The van der Waals surface area contributed by atoms with Crippen molar-refractivity contribution in [3.05, 3.63) is 77.4 Å². The molecule has 1 N–H and O–H groups in total. The van der Waals surface area contributed by atoms with E-state index < -0.39 is 6.10 Å². The van der Waals surface area contributed by atoms with Crippen LogP contribution < -0.4 is 18.9 Å². The summed E-state index contributed by atoms with van der Waals surface area (Å²) in [6.45, 7) is 0. The molecule has 0 aliphatic heterocycles. The van der Waals surface area contributed by atoms with Gasteiger partial charge in [0.1, 0.15) is 29.1 Å². The van der Waals surface area contributed by atoms with E-state index in [1.165, 1.54) is 0 Å². The van der Waals surface area contributed by atoms with Gasteiger partial charge in [0.15, 0.2) is 0 Å². The number of aliphatic hydroxyl groups excluding tert-OH is 1. The highest BCUT2D eigenvalue weighted by Crippen LogP contribution is 2.40. The molecule has 0 heterocycles. The van der Waals surface area contributed by atoms with Gasteiger partial charge in [-0.1, -0.05) is 30.3 Å². The van der Waals surface area contributed by atoms with Gasteiger partial charge >= 0.3 is 0 Å². The Labute approximate surface area is 181 Å². The highest BCUT2D eigenvalue weighted by atomic mass is 32.2. The van der Waals surface area contributed by atoms with Gasteiger partial charge in [0, 0.05) is 28.3 Å². The summed E-state index contributed by atoms with van der Waals surface area (Å²) < 4.78 is 21.7. The minimum absolute atomic E-state index is 0.609. The number of ether oxygens (including phenoxy) is 4. The first kappa shape index (κ1) is 21.9. The van der Waals surface area contributed by atoms with Gasteiger partial charge in [0.25, 0.3) is 0 Å². The van der Waals surface area contributed by atoms with E-state index in [0.717, 1.165) is 21.6 Å². The standard InChI is InChI=1S/C24H26O5S/c1-26-17-9-7-8-16(12-17)24(25)19-10-5-6-11-23(19)30-15-20-21(28-3)13-18(27-2)14-22(20)29-4/h5-14,24-25H,15H2,1-4H3. The van der Waals surface area contributed by atoms with Gasteiger partial charge in [-0.15, -0.1) is 11.8 Å². The van der Waals surface area contributed by atoms with Crippen molar-refractivity contribution in [1.82, 2.24) is 0 Å². The van der Waals surface area contributed by atoms with Crippen molar-refractivity contribution in [2.24, 2.45) is 0 Å². The van der Waals surface area contributed by atoms with Crippen molar-refractivity contribution in [2.75, 3.05) is 28.4 Å². The number of benzene rings is 3. The molecule has 0 spiro atoms. The Bertz CT molecular complexity index is 964. The lowest BCUT2D eigenvalue weighted by Crippen LogP contribution is -2.02. The van der Waals surface area contributed by atoms with Crippen molar-refractivity contribution in [1.29, 1.82) is 0 Å². The third-order valence-corrected chi connectivity index (χ3v) is 5.93. The number of rotatable bonds is 9. The first-order valence-electron chi connectivity index (χ1n) is 9.43. The van der Waals surface area contributed by atoms with E-state index in [4.69, 9.17) is 18.9 Å². The van der Waals surface area contributed by atoms with Crippen molar-refractivity contribution in [2.45, 2.75) is 16.8 Å². The SMILES string of the molecule is COc1cccc(C(O)c2ccccc2SCc2c(OC)cc(OC)cc2OC)c1. The minimum atomic E-state index is -0.761. The average molecular weight is 427 g/mol. The van der Waals surface area contributed by atoms with Gasteiger partial charge in [-0.25, -0.2) is 0 Å². The van der Waals surface area contributed by atoms with Crippen molar-refractivity contribution >= 4 is 11.8 Å². The van der Waals surface area contributed by atoms with Crippen LogP contribution in [0.3, 0.4) is 0 Å². The molecule has 5 nitrogen and oxygen atoms in total. The predicted octanol–water partition coefficient (Wildman–Crippen LogP) is 5.10. The van der Waals surface area contributed by atoms with Crippen LogP contribution in [0.1, 0.15) is 22.8 Å². The van der Waals surface area contributed by atoms with Crippen molar-refractivity contribution < 1.29 is 24.1 Å². The number of thioether (sulfide) groups is 1. The van der Waals surface area contributed by atoms with Crippen LogP contribution in [0.25, 0.3) is 0 Å². The molecule has 3 aromatic rings. The van der Waals surface area contributed by atoms with E-state index in [2.05, 4.69) is 0 Å². The lowest BCUT2D eigenvalue weighted by Gasteiger charge is -2.18. The zero-order chi connectivity index (χ0) is 21.5. The van der Waals surface area contributed by atoms with E-state index in [1.807, 2.05) is 60.7 Å². The summed E-state index contributed by atoms with van der Waals surface area (Å²) in [7, 11) is 6.48. The Hall–Kier alpha value is -2.83.